The van der Waals surface area contributed by atoms with Gasteiger partial charge in [0.15, 0.2) is 0 Å². The Balaban J connectivity index is 2.36. The normalized spacial score (nSPS) is 10.2. The minimum absolute atomic E-state index is 0.435. The van der Waals surface area contributed by atoms with E-state index in [1.54, 1.807) is 0 Å². The van der Waals surface area contributed by atoms with Gasteiger partial charge in [-0.3, -0.25) is 0 Å². The molecule has 2 aromatic rings. The molecule has 0 N–H and O–H groups in total. The van der Waals surface area contributed by atoms with Crippen LogP contribution in [0.2, 0.25) is 0 Å². The molecule has 0 aliphatic heterocycles. The monoisotopic (exact) mass is 210 g/mol. The first-order valence-corrected chi connectivity index (χ1v) is 5.19. The Bertz CT molecular complexity index is 386. The van der Waals surface area contributed by atoms with Gasteiger partial charge in [-0.1, -0.05) is 41.7 Å². The standard InChI is InChI=1S/C9H7ClN2S/c10-6-8-11-12-9(13-8)7-4-2-1-3-5-7/h1-5H,6H2. The zero-order valence-corrected chi connectivity index (χ0v) is 8.35. The number of hydrogen-bond acceptors (Lipinski definition) is 3. The smallest absolute Gasteiger partial charge is 0.142 e. The van der Waals surface area contributed by atoms with Gasteiger partial charge in [-0.25, -0.2) is 0 Å². The van der Waals surface area contributed by atoms with Crippen molar-refractivity contribution in [3.8, 4) is 10.6 Å². The second-order valence-electron chi connectivity index (χ2n) is 2.50. The number of alkyl halides is 1. The Labute approximate surface area is 85.2 Å². The van der Waals surface area contributed by atoms with E-state index in [1.165, 1.54) is 11.3 Å². The summed E-state index contributed by atoms with van der Waals surface area (Å²) in [6.45, 7) is 0. The van der Waals surface area contributed by atoms with Crippen LogP contribution in [0.1, 0.15) is 5.01 Å². The van der Waals surface area contributed by atoms with Crippen molar-refractivity contribution < 1.29 is 0 Å². The molecular formula is C9H7ClN2S. The first-order chi connectivity index (χ1) is 6.40. The molecule has 0 atom stereocenters. The zero-order chi connectivity index (χ0) is 9.10. The van der Waals surface area contributed by atoms with E-state index >= 15 is 0 Å². The molecule has 0 radical (unpaired) electrons. The highest BCUT2D eigenvalue weighted by Crippen LogP contribution is 2.23. The van der Waals surface area contributed by atoms with E-state index in [-0.39, 0.29) is 0 Å². The predicted octanol–water partition coefficient (Wildman–Crippen LogP) is 2.94. The summed E-state index contributed by atoms with van der Waals surface area (Å²) in [7, 11) is 0. The van der Waals surface area contributed by atoms with Crippen LogP contribution >= 0.6 is 22.9 Å². The molecule has 0 fully saturated rings. The molecule has 2 rings (SSSR count). The molecule has 0 saturated carbocycles. The first-order valence-electron chi connectivity index (χ1n) is 3.84. The molecule has 0 aliphatic carbocycles. The zero-order valence-electron chi connectivity index (χ0n) is 6.77. The van der Waals surface area contributed by atoms with Gasteiger partial charge in [0.1, 0.15) is 10.0 Å². The minimum Gasteiger partial charge on any atom is -0.142 e. The second kappa shape index (κ2) is 3.85. The number of nitrogens with zero attached hydrogens (tertiary/aromatic N) is 2. The molecule has 1 aromatic heterocycles. The van der Waals surface area contributed by atoms with E-state index in [0.717, 1.165) is 15.6 Å². The minimum atomic E-state index is 0.435. The van der Waals surface area contributed by atoms with Gasteiger partial charge in [0.2, 0.25) is 0 Å². The lowest BCUT2D eigenvalue weighted by Gasteiger charge is -1.91. The van der Waals surface area contributed by atoms with Crippen molar-refractivity contribution in [3.05, 3.63) is 35.3 Å². The third-order valence-corrected chi connectivity index (χ3v) is 2.99. The summed E-state index contributed by atoms with van der Waals surface area (Å²) in [6, 6.07) is 9.97. The van der Waals surface area contributed by atoms with Gasteiger partial charge in [0.25, 0.3) is 0 Å². The van der Waals surface area contributed by atoms with Crippen molar-refractivity contribution >= 4 is 22.9 Å². The summed E-state index contributed by atoms with van der Waals surface area (Å²) >= 11 is 7.17. The molecule has 1 aromatic carbocycles. The van der Waals surface area contributed by atoms with Crippen LogP contribution in [0, 0.1) is 0 Å². The van der Waals surface area contributed by atoms with E-state index in [1.807, 2.05) is 30.3 Å². The fraction of sp³-hybridized carbons (Fsp3) is 0.111. The summed E-state index contributed by atoms with van der Waals surface area (Å²) in [5.74, 6) is 0.435. The third kappa shape index (κ3) is 1.87. The maximum absolute atomic E-state index is 5.64. The van der Waals surface area contributed by atoms with Crippen molar-refractivity contribution in [1.29, 1.82) is 0 Å². The Morgan fingerprint density at radius 1 is 1.15 bits per heavy atom. The van der Waals surface area contributed by atoms with Gasteiger partial charge in [0.05, 0.1) is 5.88 Å². The van der Waals surface area contributed by atoms with E-state index in [0.29, 0.717) is 5.88 Å². The molecule has 0 spiro atoms. The molecule has 66 valence electrons. The summed E-state index contributed by atoms with van der Waals surface area (Å²) in [5.41, 5.74) is 1.09. The van der Waals surface area contributed by atoms with Crippen LogP contribution in [0.15, 0.2) is 30.3 Å². The van der Waals surface area contributed by atoms with Crippen LogP contribution in [0.25, 0.3) is 10.6 Å². The van der Waals surface area contributed by atoms with E-state index in [9.17, 15) is 0 Å². The van der Waals surface area contributed by atoms with Gasteiger partial charge in [-0.15, -0.1) is 21.8 Å². The topological polar surface area (TPSA) is 25.8 Å². The number of aromatic nitrogens is 2. The number of benzene rings is 1. The van der Waals surface area contributed by atoms with Crippen molar-refractivity contribution in [2.45, 2.75) is 5.88 Å². The first kappa shape index (κ1) is 8.66. The van der Waals surface area contributed by atoms with Gasteiger partial charge in [0, 0.05) is 5.56 Å². The third-order valence-electron chi connectivity index (χ3n) is 1.60. The summed E-state index contributed by atoms with van der Waals surface area (Å²) < 4.78 is 0. The summed E-state index contributed by atoms with van der Waals surface area (Å²) in [4.78, 5) is 0. The van der Waals surface area contributed by atoms with Crippen molar-refractivity contribution in [3.63, 3.8) is 0 Å². The van der Waals surface area contributed by atoms with E-state index in [2.05, 4.69) is 10.2 Å². The van der Waals surface area contributed by atoms with Crippen LogP contribution in [0.5, 0.6) is 0 Å². The van der Waals surface area contributed by atoms with Crippen molar-refractivity contribution in [2.24, 2.45) is 0 Å². The van der Waals surface area contributed by atoms with Gasteiger partial charge in [-0.2, -0.15) is 0 Å². The molecule has 0 unspecified atom stereocenters. The molecule has 0 aliphatic rings. The number of halogens is 1. The van der Waals surface area contributed by atoms with Crippen LogP contribution in [0.3, 0.4) is 0 Å². The van der Waals surface area contributed by atoms with Gasteiger partial charge in [-0.05, 0) is 0 Å². The van der Waals surface area contributed by atoms with Crippen molar-refractivity contribution in [2.75, 3.05) is 0 Å². The van der Waals surface area contributed by atoms with Gasteiger partial charge >= 0.3 is 0 Å². The lowest BCUT2D eigenvalue weighted by Crippen LogP contribution is -1.75. The summed E-state index contributed by atoms with van der Waals surface area (Å²) in [6.07, 6.45) is 0. The lowest BCUT2D eigenvalue weighted by molar-refractivity contribution is 1.04. The molecule has 13 heavy (non-hydrogen) atoms. The number of hydrogen-bond donors (Lipinski definition) is 0. The molecule has 0 bridgehead atoms. The molecular weight excluding hydrogens is 204 g/mol. The van der Waals surface area contributed by atoms with E-state index < -0.39 is 0 Å². The number of rotatable bonds is 2. The van der Waals surface area contributed by atoms with Crippen LogP contribution < -0.4 is 0 Å². The Morgan fingerprint density at radius 2 is 1.92 bits per heavy atom. The average Bonchev–Trinajstić information content (AvgIpc) is 2.67. The largest absolute Gasteiger partial charge is 0.147 e. The lowest BCUT2D eigenvalue weighted by atomic mass is 10.2. The summed E-state index contributed by atoms with van der Waals surface area (Å²) in [5, 5.41) is 9.78. The van der Waals surface area contributed by atoms with Crippen LogP contribution in [-0.4, -0.2) is 10.2 Å². The molecule has 0 saturated heterocycles. The highest BCUT2D eigenvalue weighted by molar-refractivity contribution is 7.14. The quantitative estimate of drug-likeness (QED) is 0.713. The molecule has 0 amide bonds. The SMILES string of the molecule is ClCc1nnc(-c2ccccc2)s1. The second-order valence-corrected chi connectivity index (χ2v) is 3.83. The maximum atomic E-state index is 5.64. The van der Waals surface area contributed by atoms with E-state index in [4.69, 9.17) is 11.6 Å². The fourth-order valence-corrected chi connectivity index (χ4v) is 1.92. The highest BCUT2D eigenvalue weighted by atomic mass is 35.5. The Hall–Kier alpha value is -0.930. The fourth-order valence-electron chi connectivity index (χ4n) is 1.00. The Morgan fingerprint density at radius 3 is 2.54 bits per heavy atom. The molecule has 1 heterocycles. The average molecular weight is 211 g/mol. The van der Waals surface area contributed by atoms with Crippen molar-refractivity contribution in [1.82, 2.24) is 10.2 Å². The van der Waals surface area contributed by atoms with Gasteiger partial charge < -0.3 is 0 Å². The maximum Gasteiger partial charge on any atom is 0.147 e. The molecule has 2 nitrogen and oxygen atoms in total. The molecule has 4 heteroatoms. The highest BCUT2D eigenvalue weighted by Gasteiger charge is 2.03. The predicted molar refractivity (Wildman–Crippen MR) is 54.9 cm³/mol. The Kier molecular flexibility index (Phi) is 2.57. The van der Waals surface area contributed by atoms with Crippen LogP contribution in [-0.2, 0) is 5.88 Å². The van der Waals surface area contributed by atoms with Crippen LogP contribution in [0.4, 0.5) is 0 Å².